The van der Waals surface area contributed by atoms with Crippen LogP contribution in [0.15, 0.2) is 36.4 Å². The van der Waals surface area contributed by atoms with Gasteiger partial charge in [-0.2, -0.15) is 4.39 Å². The molecule has 0 radical (unpaired) electrons. The van der Waals surface area contributed by atoms with Gasteiger partial charge in [0.1, 0.15) is 0 Å². The van der Waals surface area contributed by atoms with Crippen LogP contribution < -0.4 is 0 Å². The van der Waals surface area contributed by atoms with Gasteiger partial charge in [-0.3, -0.25) is 0 Å². The maximum Gasteiger partial charge on any atom is 0.200 e. The van der Waals surface area contributed by atoms with Gasteiger partial charge in [0.05, 0.1) is 0 Å². The molecule has 2 aromatic rings. The largest absolute Gasteiger partial charge is 0.505 e. The summed E-state index contributed by atoms with van der Waals surface area (Å²) in [6.07, 6.45) is 0. The summed E-state index contributed by atoms with van der Waals surface area (Å²) in [5.41, 5.74) is 2.26. The number of phenolic OH excluding ortho intramolecular Hbond substituents is 1. The molecule has 0 spiro atoms. The highest BCUT2D eigenvalue weighted by Crippen LogP contribution is 2.30. The van der Waals surface area contributed by atoms with Gasteiger partial charge in [0.15, 0.2) is 17.4 Å². The molecule has 0 saturated carbocycles. The highest BCUT2D eigenvalue weighted by Gasteiger charge is 2.13. The van der Waals surface area contributed by atoms with Crippen molar-refractivity contribution < 1.29 is 13.9 Å². The zero-order valence-electron chi connectivity index (χ0n) is 11.7. The molecule has 0 aliphatic carbocycles. The van der Waals surface area contributed by atoms with E-state index in [1.54, 1.807) is 6.07 Å². The lowest BCUT2D eigenvalue weighted by atomic mass is 9.99. The van der Waals surface area contributed by atoms with Gasteiger partial charge in [0.25, 0.3) is 0 Å². The molecule has 1 N–H and O–H groups in total. The molecule has 1 unspecified atom stereocenters. The Labute approximate surface area is 117 Å². The second kappa shape index (κ2) is 5.59. The second-order valence-corrected chi connectivity index (χ2v) is 5.06. The summed E-state index contributed by atoms with van der Waals surface area (Å²) in [7, 11) is 3.95. The number of halogens is 2. The minimum Gasteiger partial charge on any atom is -0.505 e. The van der Waals surface area contributed by atoms with Crippen LogP contribution in [0.5, 0.6) is 5.75 Å². The minimum absolute atomic E-state index is 0.203. The number of hydrogen-bond acceptors (Lipinski definition) is 2. The average molecular weight is 277 g/mol. The molecule has 106 valence electrons. The molecule has 4 heteroatoms. The Morgan fingerprint density at radius 2 is 1.75 bits per heavy atom. The summed E-state index contributed by atoms with van der Waals surface area (Å²) in [5, 5.41) is 9.39. The van der Waals surface area contributed by atoms with Crippen LogP contribution in [0.4, 0.5) is 8.78 Å². The van der Waals surface area contributed by atoms with Crippen LogP contribution in [-0.2, 0) is 0 Å². The van der Waals surface area contributed by atoms with Crippen molar-refractivity contribution in [2.45, 2.75) is 13.0 Å². The molecule has 0 heterocycles. The smallest absolute Gasteiger partial charge is 0.200 e. The van der Waals surface area contributed by atoms with E-state index in [9.17, 15) is 13.9 Å². The van der Waals surface area contributed by atoms with E-state index in [-0.39, 0.29) is 6.04 Å². The average Bonchev–Trinajstić information content (AvgIpc) is 2.43. The molecule has 2 nitrogen and oxygen atoms in total. The maximum atomic E-state index is 13.4. The van der Waals surface area contributed by atoms with Gasteiger partial charge in [-0.25, -0.2) is 4.39 Å². The lowest BCUT2D eigenvalue weighted by Crippen LogP contribution is -2.16. The second-order valence-electron chi connectivity index (χ2n) is 5.06. The third-order valence-corrected chi connectivity index (χ3v) is 3.49. The number of aromatic hydroxyl groups is 1. The molecular formula is C16H17F2NO. The standard InChI is InChI=1S/C16H17F2NO/c1-10(19(2)3)11-5-4-6-12(7-11)13-8-14(17)16(18)15(20)9-13/h4-10,20H,1-3H3. The molecular weight excluding hydrogens is 260 g/mol. The molecule has 0 bridgehead atoms. The van der Waals surface area contributed by atoms with E-state index in [0.717, 1.165) is 17.2 Å². The lowest BCUT2D eigenvalue weighted by Gasteiger charge is -2.20. The molecule has 0 saturated heterocycles. The fourth-order valence-electron chi connectivity index (χ4n) is 2.02. The molecule has 0 aliphatic heterocycles. The van der Waals surface area contributed by atoms with E-state index in [1.165, 1.54) is 6.07 Å². The summed E-state index contributed by atoms with van der Waals surface area (Å²) in [6, 6.07) is 10.1. The summed E-state index contributed by atoms with van der Waals surface area (Å²) in [6.45, 7) is 2.06. The Bertz CT molecular complexity index is 603. The summed E-state index contributed by atoms with van der Waals surface area (Å²) >= 11 is 0. The molecule has 2 aromatic carbocycles. The van der Waals surface area contributed by atoms with Crippen LogP contribution in [0.2, 0.25) is 0 Å². The van der Waals surface area contributed by atoms with E-state index < -0.39 is 17.4 Å². The van der Waals surface area contributed by atoms with E-state index in [0.29, 0.717) is 5.56 Å². The van der Waals surface area contributed by atoms with Crippen molar-refractivity contribution in [2.75, 3.05) is 14.1 Å². The van der Waals surface area contributed by atoms with E-state index in [2.05, 4.69) is 11.8 Å². The van der Waals surface area contributed by atoms with Gasteiger partial charge in [-0.05, 0) is 55.9 Å². The topological polar surface area (TPSA) is 23.5 Å². The molecule has 1 atom stereocenters. The summed E-state index contributed by atoms with van der Waals surface area (Å²) in [5.74, 6) is -2.94. The lowest BCUT2D eigenvalue weighted by molar-refractivity contribution is 0.321. The highest BCUT2D eigenvalue weighted by molar-refractivity contribution is 5.66. The predicted octanol–water partition coefficient (Wildman–Crippen LogP) is 3.96. The van der Waals surface area contributed by atoms with Crippen molar-refractivity contribution >= 4 is 0 Å². The van der Waals surface area contributed by atoms with Crippen LogP contribution in [0.3, 0.4) is 0 Å². The van der Waals surface area contributed by atoms with Crippen molar-refractivity contribution in [1.29, 1.82) is 0 Å². The van der Waals surface area contributed by atoms with Crippen molar-refractivity contribution in [3.05, 3.63) is 53.6 Å². The first-order valence-electron chi connectivity index (χ1n) is 6.35. The Balaban J connectivity index is 2.46. The highest BCUT2D eigenvalue weighted by atomic mass is 19.2. The zero-order chi connectivity index (χ0) is 14.9. The van der Waals surface area contributed by atoms with Crippen LogP contribution >= 0.6 is 0 Å². The van der Waals surface area contributed by atoms with Crippen molar-refractivity contribution in [1.82, 2.24) is 4.90 Å². The van der Waals surface area contributed by atoms with E-state index in [1.807, 2.05) is 32.3 Å². The third kappa shape index (κ3) is 2.80. The minimum atomic E-state index is -1.22. The maximum absolute atomic E-state index is 13.4. The van der Waals surface area contributed by atoms with Gasteiger partial charge < -0.3 is 10.0 Å². The number of nitrogens with zero attached hydrogens (tertiary/aromatic N) is 1. The zero-order valence-corrected chi connectivity index (χ0v) is 11.7. The Hall–Kier alpha value is -1.94. The van der Waals surface area contributed by atoms with Gasteiger partial charge in [-0.1, -0.05) is 18.2 Å². The quantitative estimate of drug-likeness (QED) is 0.918. The van der Waals surface area contributed by atoms with Gasteiger partial charge in [-0.15, -0.1) is 0 Å². The van der Waals surface area contributed by atoms with Crippen LogP contribution in [0.25, 0.3) is 11.1 Å². The number of phenols is 1. The number of benzene rings is 2. The first kappa shape index (κ1) is 14.5. The Morgan fingerprint density at radius 1 is 1.05 bits per heavy atom. The third-order valence-electron chi connectivity index (χ3n) is 3.49. The molecule has 2 rings (SSSR count). The SMILES string of the molecule is CC(c1cccc(-c2cc(O)c(F)c(F)c2)c1)N(C)C. The summed E-state index contributed by atoms with van der Waals surface area (Å²) in [4.78, 5) is 2.06. The van der Waals surface area contributed by atoms with Crippen LogP contribution in [-0.4, -0.2) is 24.1 Å². The van der Waals surface area contributed by atoms with Crippen molar-refractivity contribution in [3.63, 3.8) is 0 Å². The molecule has 0 fully saturated rings. The molecule has 20 heavy (non-hydrogen) atoms. The molecule has 0 aliphatic rings. The Kier molecular flexibility index (Phi) is 4.04. The predicted molar refractivity (Wildman–Crippen MR) is 75.6 cm³/mol. The van der Waals surface area contributed by atoms with E-state index in [4.69, 9.17) is 0 Å². The fraction of sp³-hybridized carbons (Fsp3) is 0.250. The van der Waals surface area contributed by atoms with Crippen LogP contribution in [0, 0.1) is 11.6 Å². The number of hydrogen-bond donors (Lipinski definition) is 1. The number of rotatable bonds is 3. The van der Waals surface area contributed by atoms with E-state index >= 15 is 0 Å². The first-order chi connectivity index (χ1) is 9.40. The normalized spacial score (nSPS) is 12.7. The fourth-order valence-corrected chi connectivity index (χ4v) is 2.02. The Morgan fingerprint density at radius 3 is 2.35 bits per heavy atom. The van der Waals surface area contributed by atoms with Gasteiger partial charge in [0, 0.05) is 6.04 Å². The van der Waals surface area contributed by atoms with Crippen molar-refractivity contribution in [2.24, 2.45) is 0 Å². The molecule has 0 amide bonds. The van der Waals surface area contributed by atoms with Gasteiger partial charge >= 0.3 is 0 Å². The monoisotopic (exact) mass is 277 g/mol. The first-order valence-corrected chi connectivity index (χ1v) is 6.35. The summed E-state index contributed by atoms with van der Waals surface area (Å²) < 4.78 is 26.5. The molecule has 0 aromatic heterocycles. The van der Waals surface area contributed by atoms with Gasteiger partial charge in [0.2, 0.25) is 0 Å². The van der Waals surface area contributed by atoms with Crippen LogP contribution in [0.1, 0.15) is 18.5 Å². The van der Waals surface area contributed by atoms with Crippen molar-refractivity contribution in [3.8, 4) is 16.9 Å².